The zero-order valence-corrected chi connectivity index (χ0v) is 14.1. The smallest absolute Gasteiger partial charge is 0.227 e. The van der Waals surface area contributed by atoms with E-state index in [1.165, 1.54) is 0 Å². The van der Waals surface area contributed by atoms with E-state index in [1.54, 1.807) is 18.1 Å². The van der Waals surface area contributed by atoms with E-state index in [9.17, 15) is 9.59 Å². The number of methoxy groups -OCH3 is 1. The first-order chi connectivity index (χ1) is 11.6. The second-order valence-corrected chi connectivity index (χ2v) is 6.56. The first-order valence-corrected chi connectivity index (χ1v) is 8.63. The van der Waals surface area contributed by atoms with Crippen LogP contribution < -0.4 is 20.7 Å². The molecule has 2 aliphatic rings. The van der Waals surface area contributed by atoms with Gasteiger partial charge in [-0.15, -0.1) is 0 Å². The molecule has 1 aliphatic heterocycles. The average molecular weight is 331 g/mol. The predicted octanol–water partition coefficient (Wildman–Crippen LogP) is 2.14. The molecule has 2 amide bonds. The summed E-state index contributed by atoms with van der Waals surface area (Å²) in [5.74, 6) is 0.996. The summed E-state index contributed by atoms with van der Waals surface area (Å²) in [6.45, 7) is 1.26. The van der Waals surface area contributed by atoms with Crippen molar-refractivity contribution in [2.24, 2.45) is 17.6 Å². The van der Waals surface area contributed by atoms with Gasteiger partial charge in [0.05, 0.1) is 12.8 Å². The average Bonchev–Trinajstić information content (AvgIpc) is 3.23. The zero-order chi connectivity index (χ0) is 17.1. The molecule has 3 rings (SSSR count). The van der Waals surface area contributed by atoms with Crippen LogP contribution in [0, 0.1) is 11.8 Å². The van der Waals surface area contributed by atoms with Crippen LogP contribution in [0.2, 0.25) is 0 Å². The fraction of sp³-hybridized carbons (Fsp3) is 0.556. The van der Waals surface area contributed by atoms with Gasteiger partial charge < -0.3 is 20.7 Å². The molecule has 0 aromatic heterocycles. The predicted molar refractivity (Wildman–Crippen MR) is 93.1 cm³/mol. The van der Waals surface area contributed by atoms with E-state index < -0.39 is 0 Å². The van der Waals surface area contributed by atoms with E-state index in [2.05, 4.69) is 5.32 Å². The van der Waals surface area contributed by atoms with Crippen molar-refractivity contribution >= 4 is 23.2 Å². The number of carbonyl (C=O) groups excluding carboxylic acids is 2. The van der Waals surface area contributed by atoms with Crippen LogP contribution in [0.5, 0.6) is 5.75 Å². The van der Waals surface area contributed by atoms with Gasteiger partial charge in [-0.2, -0.15) is 0 Å². The highest BCUT2D eigenvalue weighted by Crippen LogP contribution is 2.35. The van der Waals surface area contributed by atoms with Crippen LogP contribution in [0.15, 0.2) is 18.2 Å². The Morgan fingerprint density at radius 1 is 1.38 bits per heavy atom. The van der Waals surface area contributed by atoms with Crippen LogP contribution in [0.3, 0.4) is 0 Å². The SMILES string of the molecule is COc1cc(NC(=O)[C@@H]2CCC[C@@H]2CN)ccc1N1CCCC1=O. The number of hydrogen-bond acceptors (Lipinski definition) is 4. The fourth-order valence-corrected chi connectivity index (χ4v) is 3.78. The minimum atomic E-state index is -0.0131. The summed E-state index contributed by atoms with van der Waals surface area (Å²) in [7, 11) is 1.58. The molecule has 6 nitrogen and oxygen atoms in total. The Kier molecular flexibility index (Phi) is 5.04. The Morgan fingerprint density at radius 2 is 2.21 bits per heavy atom. The maximum Gasteiger partial charge on any atom is 0.227 e. The summed E-state index contributed by atoms with van der Waals surface area (Å²) < 4.78 is 5.43. The molecule has 1 aliphatic carbocycles. The van der Waals surface area contributed by atoms with Gasteiger partial charge in [0, 0.05) is 30.6 Å². The summed E-state index contributed by atoms with van der Waals surface area (Å²) in [6.07, 6.45) is 4.41. The van der Waals surface area contributed by atoms with Crippen LogP contribution in [0.1, 0.15) is 32.1 Å². The molecule has 0 radical (unpaired) electrons. The molecule has 0 bridgehead atoms. The molecule has 0 unspecified atom stereocenters. The van der Waals surface area contributed by atoms with Gasteiger partial charge in [0.2, 0.25) is 11.8 Å². The van der Waals surface area contributed by atoms with Crippen LogP contribution in [-0.4, -0.2) is 32.0 Å². The van der Waals surface area contributed by atoms with Crippen molar-refractivity contribution in [3.63, 3.8) is 0 Å². The molecule has 1 saturated heterocycles. The zero-order valence-electron chi connectivity index (χ0n) is 14.1. The van der Waals surface area contributed by atoms with Crippen molar-refractivity contribution in [2.45, 2.75) is 32.1 Å². The second-order valence-electron chi connectivity index (χ2n) is 6.56. The van der Waals surface area contributed by atoms with E-state index in [0.717, 1.165) is 31.4 Å². The number of amides is 2. The standard InChI is InChI=1S/C18H25N3O3/c1-24-16-10-13(7-8-15(16)21-9-3-6-17(21)22)20-18(23)14-5-2-4-12(14)11-19/h7-8,10,12,14H,2-6,9,11,19H2,1H3,(H,20,23)/t12-,14-/m1/s1. The highest BCUT2D eigenvalue weighted by atomic mass is 16.5. The van der Waals surface area contributed by atoms with Crippen LogP contribution in [-0.2, 0) is 9.59 Å². The Morgan fingerprint density at radius 3 is 2.88 bits per heavy atom. The molecule has 130 valence electrons. The minimum absolute atomic E-state index is 0.0131. The van der Waals surface area contributed by atoms with Gasteiger partial charge in [0.1, 0.15) is 5.75 Å². The molecular weight excluding hydrogens is 306 g/mol. The van der Waals surface area contributed by atoms with Gasteiger partial charge in [0.25, 0.3) is 0 Å². The highest BCUT2D eigenvalue weighted by molar-refractivity contribution is 5.98. The molecule has 2 fully saturated rings. The van der Waals surface area contributed by atoms with Gasteiger partial charge in [-0.3, -0.25) is 9.59 Å². The number of hydrogen-bond donors (Lipinski definition) is 2. The van der Waals surface area contributed by atoms with Crippen molar-refractivity contribution in [3.05, 3.63) is 18.2 Å². The Hall–Kier alpha value is -2.08. The summed E-state index contributed by atoms with van der Waals surface area (Å²) in [6, 6.07) is 5.45. The number of ether oxygens (including phenoxy) is 1. The molecule has 1 aromatic carbocycles. The number of nitrogens with two attached hydrogens (primary N) is 1. The Labute approximate surface area is 142 Å². The molecule has 24 heavy (non-hydrogen) atoms. The molecular formula is C18H25N3O3. The van der Waals surface area contributed by atoms with Gasteiger partial charge in [-0.05, 0) is 43.9 Å². The maximum atomic E-state index is 12.5. The van der Waals surface area contributed by atoms with Crippen molar-refractivity contribution in [3.8, 4) is 5.75 Å². The largest absolute Gasteiger partial charge is 0.494 e. The number of nitrogens with one attached hydrogen (secondary N) is 1. The van der Waals surface area contributed by atoms with E-state index in [4.69, 9.17) is 10.5 Å². The quantitative estimate of drug-likeness (QED) is 0.866. The lowest BCUT2D eigenvalue weighted by molar-refractivity contribution is -0.120. The van der Waals surface area contributed by atoms with Gasteiger partial charge in [0.15, 0.2) is 0 Å². The van der Waals surface area contributed by atoms with Crippen LogP contribution in [0.4, 0.5) is 11.4 Å². The monoisotopic (exact) mass is 331 g/mol. The molecule has 1 aromatic rings. The van der Waals surface area contributed by atoms with Crippen LogP contribution >= 0.6 is 0 Å². The first kappa shape index (κ1) is 16.8. The van der Waals surface area contributed by atoms with E-state index >= 15 is 0 Å². The summed E-state index contributed by atoms with van der Waals surface area (Å²) in [5, 5.41) is 2.97. The Balaban J connectivity index is 1.75. The number of anilines is 2. The van der Waals surface area contributed by atoms with Gasteiger partial charge in [-0.1, -0.05) is 6.42 Å². The summed E-state index contributed by atoms with van der Waals surface area (Å²) in [4.78, 5) is 26.2. The highest BCUT2D eigenvalue weighted by Gasteiger charge is 2.32. The third-order valence-electron chi connectivity index (χ3n) is 5.11. The second kappa shape index (κ2) is 7.21. The lowest BCUT2D eigenvalue weighted by Gasteiger charge is -2.21. The van der Waals surface area contributed by atoms with E-state index in [-0.39, 0.29) is 23.7 Å². The molecule has 1 heterocycles. The summed E-state index contributed by atoms with van der Waals surface area (Å²) >= 11 is 0. The molecule has 3 N–H and O–H groups in total. The molecule has 6 heteroatoms. The number of benzene rings is 1. The minimum Gasteiger partial charge on any atom is -0.494 e. The number of rotatable bonds is 5. The van der Waals surface area contributed by atoms with Crippen molar-refractivity contribution < 1.29 is 14.3 Å². The molecule has 2 atom stereocenters. The Bertz CT molecular complexity index is 632. The lowest BCUT2D eigenvalue weighted by Crippen LogP contribution is -2.29. The first-order valence-electron chi connectivity index (χ1n) is 8.63. The summed E-state index contributed by atoms with van der Waals surface area (Å²) in [5.41, 5.74) is 7.22. The topological polar surface area (TPSA) is 84.7 Å². The molecule has 1 saturated carbocycles. The third kappa shape index (κ3) is 3.24. The van der Waals surface area contributed by atoms with Crippen LogP contribution in [0.25, 0.3) is 0 Å². The number of carbonyl (C=O) groups is 2. The normalized spacial score (nSPS) is 23.6. The fourth-order valence-electron chi connectivity index (χ4n) is 3.78. The maximum absolute atomic E-state index is 12.5. The van der Waals surface area contributed by atoms with Gasteiger partial charge in [-0.25, -0.2) is 0 Å². The van der Waals surface area contributed by atoms with Crippen molar-refractivity contribution in [1.82, 2.24) is 0 Å². The van der Waals surface area contributed by atoms with Gasteiger partial charge >= 0.3 is 0 Å². The van der Waals surface area contributed by atoms with E-state index in [0.29, 0.717) is 30.9 Å². The lowest BCUT2D eigenvalue weighted by atomic mass is 9.95. The van der Waals surface area contributed by atoms with Crippen molar-refractivity contribution in [1.29, 1.82) is 0 Å². The third-order valence-corrected chi connectivity index (χ3v) is 5.11. The number of nitrogens with zero attached hydrogens (tertiary/aromatic N) is 1. The molecule has 0 spiro atoms. The van der Waals surface area contributed by atoms with E-state index in [1.807, 2.05) is 12.1 Å². The van der Waals surface area contributed by atoms with Crippen molar-refractivity contribution in [2.75, 3.05) is 30.4 Å².